The topological polar surface area (TPSA) is 52.6 Å². The summed E-state index contributed by atoms with van der Waals surface area (Å²) in [6.45, 7) is 1.87. The lowest BCUT2D eigenvalue weighted by molar-refractivity contribution is -0.896. The van der Waals surface area contributed by atoms with Crippen LogP contribution in [-0.2, 0) is 14.9 Å². The summed E-state index contributed by atoms with van der Waals surface area (Å²) in [6.07, 6.45) is 4.51. The van der Waals surface area contributed by atoms with Crippen LogP contribution in [0.15, 0.2) is 35.9 Å². The summed E-state index contributed by atoms with van der Waals surface area (Å²) in [4.78, 5) is 15.3. The standard InChI is InChI=1S/C21H22N2O3.ClH/c24-18-10-16-19-13-9-17-21(6-7-23(17,25)11-12(13)5-8-26-16)14-3-1-2-4-15(14)22(18)20(19)21;/h1-5,13,16-17,19-20H,6-11H2;1H/t13-,16-,17+,19-,20-,21+,23?;/m0./s1. The van der Waals surface area contributed by atoms with E-state index >= 15 is 0 Å². The van der Waals surface area contributed by atoms with E-state index in [0.717, 1.165) is 18.5 Å². The number of carbonyl (C=O) groups excluding carboxylic acids is 1. The molecule has 1 aromatic rings. The number of benzene rings is 1. The number of hydroxylamine groups is 3. The second kappa shape index (κ2) is 4.95. The Kier molecular flexibility index (Phi) is 3.03. The van der Waals surface area contributed by atoms with Gasteiger partial charge in [0.25, 0.3) is 0 Å². The van der Waals surface area contributed by atoms with E-state index in [1.165, 1.54) is 11.1 Å². The Labute approximate surface area is 164 Å². The first kappa shape index (κ1) is 16.5. The molecule has 0 N–H and O–H groups in total. The molecule has 1 aromatic carbocycles. The summed E-state index contributed by atoms with van der Waals surface area (Å²) in [5.41, 5.74) is 3.46. The van der Waals surface area contributed by atoms with Crippen molar-refractivity contribution in [2.75, 3.05) is 24.6 Å². The number of anilines is 1. The summed E-state index contributed by atoms with van der Waals surface area (Å²) in [5, 5.41) is 13.9. The number of rotatable bonds is 0. The summed E-state index contributed by atoms with van der Waals surface area (Å²) < 4.78 is 6.10. The molecule has 5 nitrogen and oxygen atoms in total. The van der Waals surface area contributed by atoms with Crippen LogP contribution in [-0.4, -0.2) is 48.4 Å². The van der Waals surface area contributed by atoms with Gasteiger partial charge in [0.05, 0.1) is 37.1 Å². The smallest absolute Gasteiger partial charge is 0.229 e. The maximum Gasteiger partial charge on any atom is 0.229 e. The predicted molar refractivity (Wildman–Crippen MR) is 102 cm³/mol. The van der Waals surface area contributed by atoms with Gasteiger partial charge < -0.3 is 19.5 Å². The molecular formula is C21H23ClN2O3. The van der Waals surface area contributed by atoms with E-state index in [0.29, 0.717) is 38.0 Å². The summed E-state index contributed by atoms with van der Waals surface area (Å²) in [7, 11) is 0. The van der Waals surface area contributed by atoms with Crippen molar-refractivity contribution in [1.29, 1.82) is 0 Å². The summed E-state index contributed by atoms with van der Waals surface area (Å²) in [5.74, 6) is 0.922. The lowest BCUT2D eigenvalue weighted by Gasteiger charge is -2.61. The van der Waals surface area contributed by atoms with Crippen molar-refractivity contribution < 1.29 is 14.2 Å². The highest BCUT2D eigenvalue weighted by molar-refractivity contribution is 5.99. The van der Waals surface area contributed by atoms with Crippen LogP contribution in [0.1, 0.15) is 24.8 Å². The molecule has 5 heterocycles. The number of halogens is 1. The molecule has 1 amide bonds. The normalized spacial score (nSPS) is 47.7. The van der Waals surface area contributed by atoms with Gasteiger partial charge in [-0.05, 0) is 23.1 Å². The van der Waals surface area contributed by atoms with Crippen LogP contribution in [0.5, 0.6) is 0 Å². The fourth-order valence-corrected chi connectivity index (χ4v) is 7.77. The van der Waals surface area contributed by atoms with Gasteiger partial charge in [0.15, 0.2) is 0 Å². The SMILES string of the molecule is Cl.O=C1C[C@@H]2OCC=C3C[N+]4([O-])CC[C@]56c7ccccc7N1[C@H]5[C@H]2[C@H]3C[C@H]64. The molecule has 7 atom stereocenters. The van der Waals surface area contributed by atoms with Crippen molar-refractivity contribution >= 4 is 24.0 Å². The van der Waals surface area contributed by atoms with Crippen molar-refractivity contribution in [2.45, 2.75) is 42.9 Å². The van der Waals surface area contributed by atoms with E-state index in [2.05, 4.69) is 29.2 Å². The first-order chi connectivity index (χ1) is 12.6. The molecule has 6 heteroatoms. The van der Waals surface area contributed by atoms with Gasteiger partial charge in [-0.3, -0.25) is 4.79 Å². The number of quaternary nitrogens is 1. The van der Waals surface area contributed by atoms with Crippen LogP contribution in [0, 0.1) is 17.0 Å². The Morgan fingerprint density at radius 1 is 1.30 bits per heavy atom. The number of hydrogen-bond acceptors (Lipinski definition) is 3. The number of amides is 1. The van der Waals surface area contributed by atoms with Crippen LogP contribution in [0.25, 0.3) is 0 Å². The van der Waals surface area contributed by atoms with Gasteiger partial charge in [-0.2, -0.15) is 0 Å². The first-order valence-electron chi connectivity index (χ1n) is 9.93. The number of carbonyl (C=O) groups is 1. The molecule has 27 heavy (non-hydrogen) atoms. The Morgan fingerprint density at radius 3 is 3.04 bits per heavy atom. The van der Waals surface area contributed by atoms with Crippen molar-refractivity contribution in [2.24, 2.45) is 11.8 Å². The van der Waals surface area contributed by atoms with Crippen LogP contribution in [0.4, 0.5) is 5.69 Å². The number of piperidine rings is 2. The Balaban J connectivity index is 0.00000146. The molecule has 4 fully saturated rings. The van der Waals surface area contributed by atoms with Crippen LogP contribution < -0.4 is 4.90 Å². The van der Waals surface area contributed by atoms with Gasteiger partial charge in [-0.1, -0.05) is 24.3 Å². The zero-order valence-electron chi connectivity index (χ0n) is 15.0. The number of para-hydroxylation sites is 1. The molecule has 5 aliphatic heterocycles. The lowest BCUT2D eigenvalue weighted by atomic mass is 9.53. The van der Waals surface area contributed by atoms with E-state index in [4.69, 9.17) is 4.74 Å². The van der Waals surface area contributed by atoms with Gasteiger partial charge in [0.2, 0.25) is 5.91 Å². The monoisotopic (exact) mass is 386 g/mol. The van der Waals surface area contributed by atoms with Gasteiger partial charge >= 0.3 is 0 Å². The van der Waals surface area contributed by atoms with Crippen molar-refractivity contribution in [3.63, 3.8) is 0 Å². The lowest BCUT2D eigenvalue weighted by Crippen LogP contribution is -2.71. The molecule has 0 radical (unpaired) electrons. The first-order valence-corrected chi connectivity index (χ1v) is 9.93. The largest absolute Gasteiger partial charge is 0.632 e. The highest BCUT2D eigenvalue weighted by atomic mass is 35.5. The number of fused-ring (bicyclic) bond motifs is 2. The zero-order chi connectivity index (χ0) is 17.3. The third-order valence-electron chi connectivity index (χ3n) is 8.50. The minimum absolute atomic E-state index is 0. The third kappa shape index (κ3) is 1.64. The molecule has 6 aliphatic rings. The molecule has 1 aliphatic carbocycles. The molecule has 2 bridgehead atoms. The van der Waals surface area contributed by atoms with E-state index in [1.54, 1.807) is 0 Å². The molecule has 1 saturated carbocycles. The Bertz CT molecular complexity index is 903. The maximum absolute atomic E-state index is 13.9. The molecule has 142 valence electrons. The van der Waals surface area contributed by atoms with Gasteiger partial charge in [0.1, 0.15) is 12.6 Å². The molecule has 7 rings (SSSR count). The third-order valence-corrected chi connectivity index (χ3v) is 8.50. The predicted octanol–water partition coefficient (Wildman–Crippen LogP) is 2.53. The van der Waals surface area contributed by atoms with Crippen LogP contribution in [0.2, 0.25) is 0 Å². The average Bonchev–Trinajstić information content (AvgIpc) is 3.05. The van der Waals surface area contributed by atoms with Crippen molar-refractivity contribution in [1.82, 2.24) is 0 Å². The minimum Gasteiger partial charge on any atom is -0.632 e. The van der Waals surface area contributed by atoms with Crippen LogP contribution in [0.3, 0.4) is 0 Å². The molecule has 3 saturated heterocycles. The van der Waals surface area contributed by atoms with E-state index in [-0.39, 0.29) is 46.6 Å². The van der Waals surface area contributed by atoms with Crippen molar-refractivity contribution in [3.8, 4) is 0 Å². The molecule has 0 aromatic heterocycles. The Morgan fingerprint density at radius 2 is 2.15 bits per heavy atom. The zero-order valence-corrected chi connectivity index (χ0v) is 15.9. The fraction of sp³-hybridized carbons (Fsp3) is 0.571. The second-order valence-corrected chi connectivity index (χ2v) is 9.14. The minimum atomic E-state index is -0.174. The highest BCUT2D eigenvalue weighted by Crippen LogP contribution is 2.67. The van der Waals surface area contributed by atoms with Gasteiger partial charge in [-0.25, -0.2) is 0 Å². The second-order valence-electron chi connectivity index (χ2n) is 9.14. The summed E-state index contributed by atoms with van der Waals surface area (Å²) >= 11 is 0. The fourth-order valence-electron chi connectivity index (χ4n) is 7.77. The van der Waals surface area contributed by atoms with Gasteiger partial charge in [-0.15, -0.1) is 12.4 Å². The molecule has 1 spiro atoms. The quantitative estimate of drug-likeness (QED) is 0.391. The van der Waals surface area contributed by atoms with Crippen LogP contribution >= 0.6 is 12.4 Å². The average molecular weight is 387 g/mol. The number of ether oxygens (including phenoxy) is 1. The van der Waals surface area contributed by atoms with E-state index in [1.807, 2.05) is 6.07 Å². The number of nitrogens with zero attached hydrogens (tertiary/aromatic N) is 2. The summed E-state index contributed by atoms with van der Waals surface area (Å²) in [6, 6.07) is 8.58. The molecular weight excluding hydrogens is 364 g/mol. The Hall–Kier alpha value is -1.40. The van der Waals surface area contributed by atoms with Gasteiger partial charge in [0, 0.05) is 24.4 Å². The van der Waals surface area contributed by atoms with Crippen molar-refractivity contribution in [3.05, 3.63) is 46.7 Å². The molecule has 1 unspecified atom stereocenters. The maximum atomic E-state index is 13.9. The van der Waals surface area contributed by atoms with E-state index in [9.17, 15) is 10.0 Å². The number of hydrogen-bond donors (Lipinski definition) is 0. The highest BCUT2D eigenvalue weighted by Gasteiger charge is 2.74. The van der Waals surface area contributed by atoms with E-state index < -0.39 is 0 Å².